The molecule has 0 aromatic heterocycles. The third kappa shape index (κ3) is 64.0. The van der Waals surface area contributed by atoms with Gasteiger partial charge in [-0.3, -0.25) is 13.8 Å². The van der Waals surface area contributed by atoms with Crippen molar-refractivity contribution in [2.24, 2.45) is 0 Å². The summed E-state index contributed by atoms with van der Waals surface area (Å²) < 4.78 is 23.8. The molecule has 3 atom stereocenters. The molecule has 0 radical (unpaired) electrons. The van der Waals surface area contributed by atoms with Crippen molar-refractivity contribution in [1.29, 1.82) is 0 Å². The summed E-state index contributed by atoms with van der Waals surface area (Å²) in [5, 5.41) is 14.0. The normalized spacial score (nSPS) is 13.9. The topological polar surface area (TPSA) is 105 Å². The summed E-state index contributed by atoms with van der Waals surface area (Å²) in [4.78, 5) is 23.4. The van der Waals surface area contributed by atoms with Gasteiger partial charge in [0.2, 0.25) is 5.91 Å². The Balaban J connectivity index is 3.89. The molecule has 9 heteroatoms. The summed E-state index contributed by atoms with van der Waals surface area (Å²) in [6.45, 7) is 4.85. The Morgan fingerprint density at radius 3 is 1.04 bits per heavy atom. The van der Waals surface area contributed by atoms with Gasteiger partial charge in [-0.25, -0.2) is 4.57 Å². The van der Waals surface area contributed by atoms with Crippen LogP contribution in [0.1, 0.15) is 348 Å². The number of carbonyl (C=O) groups excluding carboxylic acids is 1. The third-order valence-corrected chi connectivity index (χ3v) is 17.0. The van der Waals surface area contributed by atoms with E-state index >= 15 is 0 Å². The molecule has 0 saturated carbocycles. The first-order valence-corrected chi connectivity index (χ1v) is 36.5. The molecular weight excluding hydrogens is 1010 g/mol. The second kappa shape index (κ2) is 62.0. The lowest BCUT2D eigenvalue weighted by atomic mass is 10.0. The summed E-state index contributed by atoms with van der Waals surface area (Å²) in [6, 6.07) is -0.845. The fraction of sp³-hybridized carbons (Fsp3) is 0.873. The molecule has 1 amide bonds. The zero-order valence-electron chi connectivity index (χ0n) is 54.1. The van der Waals surface area contributed by atoms with Gasteiger partial charge in [0, 0.05) is 6.42 Å². The Kier molecular flexibility index (Phi) is 60.8. The van der Waals surface area contributed by atoms with Crippen LogP contribution in [0.4, 0.5) is 0 Å². The number of carbonyl (C=O) groups is 1. The number of rotatable bonds is 65. The lowest BCUT2D eigenvalue weighted by Gasteiger charge is -2.25. The summed E-state index contributed by atoms with van der Waals surface area (Å²) in [6.07, 6.45) is 84.1. The van der Waals surface area contributed by atoms with Gasteiger partial charge in [0.05, 0.1) is 39.9 Å². The molecule has 0 heterocycles. The number of phosphoric acid groups is 1. The van der Waals surface area contributed by atoms with Crippen LogP contribution in [-0.2, 0) is 18.4 Å². The van der Waals surface area contributed by atoms with Crippen LogP contribution >= 0.6 is 7.82 Å². The number of hydrogen-bond donors (Lipinski definition) is 3. The van der Waals surface area contributed by atoms with Crippen molar-refractivity contribution in [1.82, 2.24) is 5.32 Å². The summed E-state index contributed by atoms with van der Waals surface area (Å²) in [5.74, 6) is -0.170. The standard InChI is InChI=1S/C71H137N2O6P/c1-6-8-10-12-14-16-18-20-22-24-25-26-27-28-29-30-31-32-33-34-35-36-37-38-39-40-41-42-43-44-45-46-47-49-51-53-55-57-59-61-63-65-71(75)72-69(68-79-80(76,77)78-67-66-73(3,4)5)70(74)64-62-60-58-56-54-52-50-48-23-21-19-17-15-13-11-9-7-2/h18,20,24-25,27-28,62,64,69-70,74H,6-17,19,21-23,26,29-61,63,65-68H2,1-5H3,(H-,72,75,76,77)/p+1/b20-18-,25-24-,28-27-,64-62+. The predicted molar refractivity (Wildman–Crippen MR) is 351 cm³/mol. The predicted octanol–water partition coefficient (Wildman–Crippen LogP) is 22.2. The molecule has 80 heavy (non-hydrogen) atoms. The molecule has 8 nitrogen and oxygen atoms in total. The van der Waals surface area contributed by atoms with Crippen LogP contribution in [0.5, 0.6) is 0 Å². The fourth-order valence-corrected chi connectivity index (χ4v) is 11.3. The quantitative estimate of drug-likeness (QED) is 0.0243. The number of amides is 1. The molecule has 3 N–H and O–H groups in total. The van der Waals surface area contributed by atoms with Crippen molar-refractivity contribution in [2.75, 3.05) is 40.9 Å². The number of aliphatic hydroxyl groups excluding tert-OH is 1. The van der Waals surface area contributed by atoms with Gasteiger partial charge in [0.1, 0.15) is 13.2 Å². The largest absolute Gasteiger partial charge is 0.472 e. The Labute approximate surface area is 499 Å². The van der Waals surface area contributed by atoms with Crippen LogP contribution in [0.25, 0.3) is 0 Å². The number of phosphoric ester groups is 1. The zero-order valence-corrected chi connectivity index (χ0v) is 55.0. The first kappa shape index (κ1) is 78.5. The number of likely N-dealkylation sites (N-methyl/N-ethyl adjacent to an activating group) is 1. The van der Waals surface area contributed by atoms with Gasteiger partial charge in [0.25, 0.3) is 0 Å². The number of aliphatic hydroxyl groups is 1. The molecule has 0 aromatic rings. The van der Waals surface area contributed by atoms with E-state index in [9.17, 15) is 19.4 Å². The summed E-state index contributed by atoms with van der Waals surface area (Å²) >= 11 is 0. The van der Waals surface area contributed by atoms with Gasteiger partial charge < -0.3 is 19.8 Å². The van der Waals surface area contributed by atoms with E-state index in [2.05, 4.69) is 55.6 Å². The minimum Gasteiger partial charge on any atom is -0.387 e. The second-order valence-corrected chi connectivity index (χ2v) is 26.7. The smallest absolute Gasteiger partial charge is 0.387 e. The van der Waals surface area contributed by atoms with E-state index in [1.807, 2.05) is 27.2 Å². The first-order chi connectivity index (χ1) is 39.0. The Morgan fingerprint density at radius 2 is 0.713 bits per heavy atom. The van der Waals surface area contributed by atoms with E-state index in [1.165, 1.54) is 276 Å². The van der Waals surface area contributed by atoms with Crippen LogP contribution < -0.4 is 5.32 Å². The Hall–Kier alpha value is -1.54. The number of nitrogens with one attached hydrogen (secondary N) is 1. The Bertz CT molecular complexity index is 1440. The van der Waals surface area contributed by atoms with Crippen molar-refractivity contribution in [2.45, 2.75) is 360 Å². The van der Waals surface area contributed by atoms with Crippen LogP contribution in [-0.4, -0.2) is 73.4 Å². The number of allylic oxidation sites excluding steroid dienone is 7. The molecule has 0 rings (SSSR count). The molecule has 0 aliphatic rings. The van der Waals surface area contributed by atoms with Gasteiger partial charge in [-0.1, -0.05) is 332 Å². The van der Waals surface area contributed by atoms with Crippen LogP contribution in [0.15, 0.2) is 48.6 Å². The average Bonchev–Trinajstić information content (AvgIpc) is 3.42. The van der Waals surface area contributed by atoms with E-state index in [-0.39, 0.29) is 19.1 Å². The molecule has 0 bridgehead atoms. The van der Waals surface area contributed by atoms with Crippen molar-refractivity contribution >= 4 is 13.7 Å². The lowest BCUT2D eigenvalue weighted by molar-refractivity contribution is -0.870. The molecule has 0 aromatic carbocycles. The van der Waals surface area contributed by atoms with Crippen molar-refractivity contribution in [3.05, 3.63) is 48.6 Å². The van der Waals surface area contributed by atoms with Gasteiger partial charge in [-0.15, -0.1) is 0 Å². The van der Waals surface area contributed by atoms with E-state index in [1.54, 1.807) is 6.08 Å². The van der Waals surface area contributed by atoms with E-state index < -0.39 is 20.0 Å². The van der Waals surface area contributed by atoms with Gasteiger partial charge in [0.15, 0.2) is 0 Å². The third-order valence-electron chi connectivity index (χ3n) is 16.0. The first-order valence-electron chi connectivity index (χ1n) is 35.0. The van der Waals surface area contributed by atoms with E-state index in [4.69, 9.17) is 9.05 Å². The number of unbranched alkanes of at least 4 members (excludes halogenated alkanes) is 46. The highest BCUT2D eigenvalue weighted by molar-refractivity contribution is 7.47. The molecule has 0 aliphatic carbocycles. The fourth-order valence-electron chi connectivity index (χ4n) is 10.6. The highest BCUT2D eigenvalue weighted by Crippen LogP contribution is 2.43. The number of quaternary nitrogens is 1. The van der Waals surface area contributed by atoms with Gasteiger partial charge in [-0.2, -0.15) is 0 Å². The Morgan fingerprint density at radius 1 is 0.425 bits per heavy atom. The molecule has 0 spiro atoms. The lowest BCUT2D eigenvalue weighted by Crippen LogP contribution is -2.45. The monoisotopic (exact) mass is 1150 g/mol. The maximum Gasteiger partial charge on any atom is 0.472 e. The minimum absolute atomic E-state index is 0.0634. The maximum absolute atomic E-state index is 13.0. The highest BCUT2D eigenvalue weighted by atomic mass is 31.2. The van der Waals surface area contributed by atoms with Crippen molar-refractivity contribution < 1.29 is 32.9 Å². The number of nitrogens with zero attached hydrogens (tertiary/aromatic N) is 1. The van der Waals surface area contributed by atoms with E-state index in [0.29, 0.717) is 17.4 Å². The highest BCUT2D eigenvalue weighted by Gasteiger charge is 2.28. The minimum atomic E-state index is -4.35. The molecule has 0 aliphatic heterocycles. The van der Waals surface area contributed by atoms with Gasteiger partial charge >= 0.3 is 7.82 Å². The molecule has 472 valence electrons. The van der Waals surface area contributed by atoms with Crippen molar-refractivity contribution in [3.63, 3.8) is 0 Å². The van der Waals surface area contributed by atoms with Crippen LogP contribution in [0.2, 0.25) is 0 Å². The second-order valence-electron chi connectivity index (χ2n) is 25.3. The zero-order chi connectivity index (χ0) is 58.4. The van der Waals surface area contributed by atoms with Gasteiger partial charge in [-0.05, 0) is 57.8 Å². The SMILES string of the molecule is CCCCCCC/C=C\C/C=C\C/C=C\CCCCCCCCCCCCCCCCCCCCCCCCCCCCC(=O)NC(COP(=O)(O)OCC[N+](C)(C)C)C(O)/C=C/CCCCCCCCCCCCCCCCC. The maximum atomic E-state index is 13.0. The summed E-state index contributed by atoms with van der Waals surface area (Å²) in [5.41, 5.74) is 0. The van der Waals surface area contributed by atoms with E-state index in [0.717, 1.165) is 51.4 Å². The molecular formula is C71H138N2O6P+. The van der Waals surface area contributed by atoms with Crippen LogP contribution in [0, 0.1) is 0 Å². The number of hydrogen-bond acceptors (Lipinski definition) is 5. The average molecular weight is 1150 g/mol. The molecule has 0 saturated heterocycles. The van der Waals surface area contributed by atoms with Crippen LogP contribution in [0.3, 0.4) is 0 Å². The molecule has 3 unspecified atom stereocenters. The van der Waals surface area contributed by atoms with Crippen molar-refractivity contribution in [3.8, 4) is 0 Å². The summed E-state index contributed by atoms with van der Waals surface area (Å²) in [7, 11) is 1.59. The molecule has 0 fully saturated rings.